The number of amides is 1. The van der Waals surface area contributed by atoms with Gasteiger partial charge in [-0.15, -0.1) is 0 Å². The summed E-state index contributed by atoms with van der Waals surface area (Å²) in [4.78, 5) is 32.2. The molecule has 8 nitrogen and oxygen atoms in total. The van der Waals surface area contributed by atoms with Crippen LogP contribution in [0.4, 0.5) is 22.0 Å². The van der Waals surface area contributed by atoms with Crippen molar-refractivity contribution in [3.05, 3.63) is 75.7 Å². The van der Waals surface area contributed by atoms with Crippen LogP contribution in [0.3, 0.4) is 0 Å². The molecule has 0 aliphatic heterocycles. The van der Waals surface area contributed by atoms with Crippen LogP contribution in [-0.2, 0) is 22.3 Å². The maximum Gasteiger partial charge on any atom is 0.412 e. The number of aromatic nitrogens is 2. The maximum atomic E-state index is 12.2. The van der Waals surface area contributed by atoms with Gasteiger partial charge in [0.05, 0.1) is 18.9 Å². The lowest BCUT2D eigenvalue weighted by Gasteiger charge is -2.19. The van der Waals surface area contributed by atoms with Crippen LogP contribution in [0, 0.1) is 0 Å². The SMILES string of the molecule is COC(=O)c1cc(CCc2cccc(NC(=O)OC(C)(C)C)c2)cc(Nc2nc(Cl)ncc2Cl)c1. The number of carbonyl (C=O) groups excluding carboxylic acids is 2. The predicted molar refractivity (Wildman–Crippen MR) is 137 cm³/mol. The second-order valence-electron chi connectivity index (χ2n) is 8.70. The molecule has 2 N–H and O–H groups in total. The Kier molecular flexibility index (Phi) is 8.53. The van der Waals surface area contributed by atoms with Crippen LogP contribution < -0.4 is 10.6 Å². The summed E-state index contributed by atoms with van der Waals surface area (Å²) in [6.07, 6.45) is 2.16. The molecule has 35 heavy (non-hydrogen) atoms. The summed E-state index contributed by atoms with van der Waals surface area (Å²) in [5, 5.41) is 6.16. The number of hydrogen-bond acceptors (Lipinski definition) is 7. The van der Waals surface area contributed by atoms with Gasteiger partial charge in [-0.2, -0.15) is 4.98 Å². The number of ether oxygens (including phenoxy) is 2. The third kappa shape index (κ3) is 8.12. The van der Waals surface area contributed by atoms with Gasteiger partial charge < -0.3 is 14.8 Å². The molecule has 0 spiro atoms. The van der Waals surface area contributed by atoms with Gasteiger partial charge in [0.25, 0.3) is 0 Å². The zero-order valence-electron chi connectivity index (χ0n) is 19.8. The normalized spacial score (nSPS) is 11.0. The first-order valence-electron chi connectivity index (χ1n) is 10.8. The zero-order valence-corrected chi connectivity index (χ0v) is 21.3. The number of halogens is 2. The monoisotopic (exact) mass is 516 g/mol. The van der Waals surface area contributed by atoms with E-state index in [9.17, 15) is 9.59 Å². The molecule has 0 unspecified atom stereocenters. The average Bonchev–Trinajstić information content (AvgIpc) is 2.78. The Morgan fingerprint density at radius 2 is 1.71 bits per heavy atom. The summed E-state index contributed by atoms with van der Waals surface area (Å²) in [6, 6.07) is 12.8. The first kappa shape index (κ1) is 26.2. The highest BCUT2D eigenvalue weighted by molar-refractivity contribution is 6.33. The summed E-state index contributed by atoms with van der Waals surface area (Å²) in [5.41, 5.74) is 2.92. The predicted octanol–water partition coefficient (Wildman–Crippen LogP) is 6.45. The fourth-order valence-electron chi connectivity index (χ4n) is 3.23. The van der Waals surface area contributed by atoms with Crippen LogP contribution in [0.5, 0.6) is 0 Å². The van der Waals surface area contributed by atoms with Gasteiger partial charge in [-0.1, -0.05) is 23.7 Å². The van der Waals surface area contributed by atoms with E-state index in [1.54, 1.807) is 18.2 Å². The molecule has 0 atom stereocenters. The highest BCUT2D eigenvalue weighted by Gasteiger charge is 2.16. The van der Waals surface area contributed by atoms with Gasteiger partial charge in [-0.25, -0.2) is 14.6 Å². The number of esters is 1. The Labute approximate surface area is 214 Å². The summed E-state index contributed by atoms with van der Waals surface area (Å²) in [6.45, 7) is 5.42. The molecule has 3 aromatic rings. The summed E-state index contributed by atoms with van der Waals surface area (Å²) in [7, 11) is 1.33. The number of aryl methyl sites for hydroxylation is 2. The minimum absolute atomic E-state index is 0.0427. The highest BCUT2D eigenvalue weighted by Crippen LogP contribution is 2.26. The Balaban J connectivity index is 1.77. The molecule has 0 radical (unpaired) electrons. The van der Waals surface area contributed by atoms with Crippen molar-refractivity contribution < 1.29 is 19.1 Å². The number of nitrogens with one attached hydrogen (secondary N) is 2. The third-order valence-electron chi connectivity index (χ3n) is 4.67. The lowest BCUT2D eigenvalue weighted by Crippen LogP contribution is -2.27. The average molecular weight is 517 g/mol. The molecule has 0 fully saturated rings. The Morgan fingerprint density at radius 3 is 2.43 bits per heavy atom. The summed E-state index contributed by atoms with van der Waals surface area (Å²) < 4.78 is 10.2. The van der Waals surface area contributed by atoms with Crippen LogP contribution in [0.2, 0.25) is 10.3 Å². The van der Waals surface area contributed by atoms with Crippen molar-refractivity contribution in [1.82, 2.24) is 9.97 Å². The van der Waals surface area contributed by atoms with Crippen molar-refractivity contribution in [3.8, 4) is 0 Å². The van der Waals surface area contributed by atoms with Gasteiger partial charge >= 0.3 is 12.1 Å². The zero-order chi connectivity index (χ0) is 25.6. The minimum atomic E-state index is -0.584. The van der Waals surface area contributed by atoms with Crippen LogP contribution in [0.1, 0.15) is 42.3 Å². The maximum absolute atomic E-state index is 12.2. The minimum Gasteiger partial charge on any atom is -0.465 e. The highest BCUT2D eigenvalue weighted by atomic mass is 35.5. The van der Waals surface area contributed by atoms with Crippen molar-refractivity contribution in [2.45, 2.75) is 39.2 Å². The fraction of sp³-hybridized carbons (Fsp3) is 0.280. The van der Waals surface area contributed by atoms with Gasteiger partial charge in [0.2, 0.25) is 5.28 Å². The molecular formula is C25H26Cl2N4O4. The van der Waals surface area contributed by atoms with E-state index < -0.39 is 17.7 Å². The molecule has 0 saturated carbocycles. The molecule has 0 bridgehead atoms. The lowest BCUT2D eigenvalue weighted by molar-refractivity contribution is 0.0598. The number of nitrogens with zero attached hydrogens (tertiary/aromatic N) is 2. The number of benzene rings is 2. The van der Waals surface area contributed by atoms with Gasteiger partial charge in [-0.3, -0.25) is 5.32 Å². The molecule has 1 amide bonds. The fourth-order valence-corrected chi connectivity index (χ4v) is 3.50. The number of hydrogen-bond donors (Lipinski definition) is 2. The van der Waals surface area contributed by atoms with Crippen LogP contribution in [-0.4, -0.2) is 34.7 Å². The van der Waals surface area contributed by atoms with E-state index in [1.165, 1.54) is 13.3 Å². The number of anilines is 3. The van der Waals surface area contributed by atoms with Crippen LogP contribution in [0.15, 0.2) is 48.7 Å². The van der Waals surface area contributed by atoms with E-state index in [4.69, 9.17) is 32.7 Å². The molecule has 0 aliphatic carbocycles. The van der Waals surface area contributed by atoms with Gasteiger partial charge in [-0.05, 0) is 86.7 Å². The molecule has 3 rings (SSSR count). The molecule has 0 saturated heterocycles. The van der Waals surface area contributed by atoms with E-state index in [-0.39, 0.29) is 10.3 Å². The number of methoxy groups -OCH3 is 1. The first-order valence-corrected chi connectivity index (χ1v) is 11.5. The van der Waals surface area contributed by atoms with E-state index in [1.807, 2.05) is 45.0 Å². The summed E-state index contributed by atoms with van der Waals surface area (Å²) >= 11 is 12.0. The van der Waals surface area contributed by atoms with Gasteiger partial charge in [0, 0.05) is 11.4 Å². The standard InChI is InChI=1S/C25H26Cl2N4O4/c1-25(2,3)35-24(33)30-18-7-5-6-15(11-18)8-9-16-10-17(22(32)34-4)13-19(12-16)29-21-20(26)14-28-23(27)31-21/h5-7,10-14H,8-9H2,1-4H3,(H,30,33)(H,28,29,31). The van der Waals surface area contributed by atoms with Crippen molar-refractivity contribution in [2.75, 3.05) is 17.7 Å². The van der Waals surface area contributed by atoms with Crippen molar-refractivity contribution in [1.29, 1.82) is 0 Å². The first-order chi connectivity index (χ1) is 16.5. The molecule has 1 aromatic heterocycles. The second kappa shape index (κ2) is 11.4. The molecule has 0 aliphatic rings. The van der Waals surface area contributed by atoms with Crippen molar-refractivity contribution >= 4 is 52.5 Å². The Hall–Kier alpha value is -3.36. The molecule has 10 heteroatoms. The van der Waals surface area contributed by atoms with E-state index >= 15 is 0 Å². The second-order valence-corrected chi connectivity index (χ2v) is 9.44. The van der Waals surface area contributed by atoms with E-state index in [2.05, 4.69) is 20.6 Å². The van der Waals surface area contributed by atoms with Crippen LogP contribution in [0.25, 0.3) is 0 Å². The van der Waals surface area contributed by atoms with Crippen LogP contribution >= 0.6 is 23.2 Å². The largest absolute Gasteiger partial charge is 0.465 e. The molecule has 2 aromatic carbocycles. The van der Waals surface area contributed by atoms with E-state index in [0.717, 1.165) is 11.1 Å². The molecular weight excluding hydrogens is 491 g/mol. The summed E-state index contributed by atoms with van der Waals surface area (Å²) in [5.74, 6) is -0.147. The van der Waals surface area contributed by atoms with Gasteiger partial charge in [0.1, 0.15) is 10.6 Å². The lowest BCUT2D eigenvalue weighted by atomic mass is 10.0. The van der Waals surface area contributed by atoms with Gasteiger partial charge in [0.15, 0.2) is 5.82 Å². The van der Waals surface area contributed by atoms with E-state index in [0.29, 0.717) is 35.6 Å². The number of carbonyl (C=O) groups is 2. The molecule has 1 heterocycles. The number of rotatable bonds is 7. The molecule has 184 valence electrons. The van der Waals surface area contributed by atoms with Crippen molar-refractivity contribution in [3.63, 3.8) is 0 Å². The van der Waals surface area contributed by atoms with Crippen molar-refractivity contribution in [2.24, 2.45) is 0 Å². The topological polar surface area (TPSA) is 102 Å². The smallest absolute Gasteiger partial charge is 0.412 e. The Morgan fingerprint density at radius 1 is 1.00 bits per heavy atom. The Bertz CT molecular complexity index is 1230. The third-order valence-corrected chi connectivity index (χ3v) is 5.12. The quantitative estimate of drug-likeness (QED) is 0.274.